The van der Waals surface area contributed by atoms with Crippen LogP contribution >= 0.6 is 24.0 Å². The fourth-order valence-electron chi connectivity index (χ4n) is 4.45. The summed E-state index contributed by atoms with van der Waals surface area (Å²) in [5.74, 6) is 0.950. The number of hydrogen-bond acceptors (Lipinski definition) is 4. The van der Waals surface area contributed by atoms with Gasteiger partial charge in [-0.2, -0.15) is 0 Å². The van der Waals surface area contributed by atoms with Crippen molar-refractivity contribution in [2.75, 3.05) is 59.9 Å². The SMILES string of the molecule is CN=C(NCCN1CCCN(C)CC1)NC1CCN(Cc2ccccc2)C(C)C1.I. The first kappa shape index (κ1) is 25.4. The van der Waals surface area contributed by atoms with E-state index < -0.39 is 0 Å². The fraction of sp³-hybridized carbons (Fsp3) is 0.696. The van der Waals surface area contributed by atoms with E-state index in [1.54, 1.807) is 0 Å². The molecular formula is C23H41IN6. The number of benzene rings is 1. The van der Waals surface area contributed by atoms with Crippen molar-refractivity contribution in [2.45, 2.75) is 44.8 Å². The molecule has 2 aliphatic rings. The highest BCUT2D eigenvalue weighted by molar-refractivity contribution is 14.0. The second-order valence-electron chi connectivity index (χ2n) is 8.67. The highest BCUT2D eigenvalue weighted by Gasteiger charge is 2.26. The molecule has 170 valence electrons. The zero-order valence-corrected chi connectivity index (χ0v) is 21.3. The van der Waals surface area contributed by atoms with Crippen molar-refractivity contribution in [1.29, 1.82) is 0 Å². The molecule has 0 aliphatic carbocycles. The minimum atomic E-state index is 0. The maximum absolute atomic E-state index is 4.46. The lowest BCUT2D eigenvalue weighted by Crippen LogP contribution is -2.52. The minimum Gasteiger partial charge on any atom is -0.355 e. The first-order valence-electron chi connectivity index (χ1n) is 11.3. The van der Waals surface area contributed by atoms with E-state index in [0.717, 1.165) is 45.0 Å². The summed E-state index contributed by atoms with van der Waals surface area (Å²) in [6.07, 6.45) is 3.59. The van der Waals surface area contributed by atoms with Crippen LogP contribution in [0.25, 0.3) is 0 Å². The molecular weight excluding hydrogens is 487 g/mol. The maximum Gasteiger partial charge on any atom is 0.191 e. The van der Waals surface area contributed by atoms with E-state index in [4.69, 9.17) is 0 Å². The lowest BCUT2D eigenvalue weighted by Gasteiger charge is -2.38. The summed E-state index contributed by atoms with van der Waals surface area (Å²) in [7, 11) is 4.10. The number of likely N-dealkylation sites (N-methyl/N-ethyl adjacent to an activating group) is 1. The van der Waals surface area contributed by atoms with Crippen LogP contribution in [-0.2, 0) is 6.54 Å². The zero-order valence-electron chi connectivity index (χ0n) is 19.0. The topological polar surface area (TPSA) is 46.1 Å². The van der Waals surface area contributed by atoms with E-state index >= 15 is 0 Å². The van der Waals surface area contributed by atoms with E-state index in [1.165, 1.54) is 38.2 Å². The first-order valence-corrected chi connectivity index (χ1v) is 11.3. The summed E-state index contributed by atoms with van der Waals surface area (Å²) >= 11 is 0. The Kier molecular flexibility index (Phi) is 11.4. The Morgan fingerprint density at radius 1 is 1.10 bits per heavy atom. The summed E-state index contributed by atoms with van der Waals surface area (Å²) in [6, 6.07) is 11.9. The maximum atomic E-state index is 4.46. The lowest BCUT2D eigenvalue weighted by atomic mass is 9.97. The Bertz CT molecular complexity index is 625. The number of nitrogens with one attached hydrogen (secondary N) is 2. The van der Waals surface area contributed by atoms with Gasteiger partial charge < -0.3 is 20.4 Å². The van der Waals surface area contributed by atoms with Crippen molar-refractivity contribution in [1.82, 2.24) is 25.3 Å². The van der Waals surface area contributed by atoms with E-state index in [2.05, 4.69) is 74.6 Å². The van der Waals surface area contributed by atoms with Gasteiger partial charge >= 0.3 is 0 Å². The third-order valence-corrected chi connectivity index (χ3v) is 6.34. The van der Waals surface area contributed by atoms with Gasteiger partial charge in [-0.3, -0.25) is 9.89 Å². The number of halogens is 1. The third kappa shape index (κ3) is 8.32. The second-order valence-corrected chi connectivity index (χ2v) is 8.67. The van der Waals surface area contributed by atoms with Gasteiger partial charge in [0.2, 0.25) is 0 Å². The molecule has 1 aromatic rings. The van der Waals surface area contributed by atoms with Gasteiger partial charge in [0.15, 0.2) is 5.96 Å². The second kappa shape index (κ2) is 13.5. The van der Waals surface area contributed by atoms with E-state index in [1.807, 2.05) is 7.05 Å². The number of nitrogens with zero attached hydrogens (tertiary/aromatic N) is 4. The molecule has 6 nitrogen and oxygen atoms in total. The number of piperidine rings is 1. The average molecular weight is 529 g/mol. The molecule has 3 rings (SSSR count). The molecule has 1 aromatic carbocycles. The van der Waals surface area contributed by atoms with Crippen LogP contribution in [0.2, 0.25) is 0 Å². The van der Waals surface area contributed by atoms with E-state index in [-0.39, 0.29) is 24.0 Å². The monoisotopic (exact) mass is 528 g/mol. The van der Waals surface area contributed by atoms with Crippen LogP contribution in [0.3, 0.4) is 0 Å². The van der Waals surface area contributed by atoms with Gasteiger partial charge in [-0.1, -0.05) is 30.3 Å². The van der Waals surface area contributed by atoms with Crippen LogP contribution in [0.15, 0.2) is 35.3 Å². The van der Waals surface area contributed by atoms with Crippen LogP contribution in [0.5, 0.6) is 0 Å². The number of guanidine groups is 1. The molecule has 7 heteroatoms. The predicted octanol–water partition coefficient (Wildman–Crippen LogP) is 2.46. The summed E-state index contributed by atoms with van der Waals surface area (Å²) in [6.45, 7) is 11.3. The Morgan fingerprint density at radius 3 is 2.63 bits per heavy atom. The number of likely N-dealkylation sites (tertiary alicyclic amines) is 1. The average Bonchev–Trinajstić information content (AvgIpc) is 2.94. The first-order chi connectivity index (χ1) is 14.1. The third-order valence-electron chi connectivity index (χ3n) is 6.34. The molecule has 30 heavy (non-hydrogen) atoms. The van der Waals surface area contributed by atoms with Gasteiger partial charge in [-0.05, 0) is 51.9 Å². The molecule has 0 aromatic heterocycles. The number of hydrogen-bond donors (Lipinski definition) is 2. The van der Waals surface area contributed by atoms with Crippen LogP contribution in [0.4, 0.5) is 0 Å². The number of rotatable bonds is 6. The van der Waals surface area contributed by atoms with Gasteiger partial charge in [-0.25, -0.2) is 0 Å². The Morgan fingerprint density at radius 2 is 1.90 bits per heavy atom. The van der Waals surface area contributed by atoms with Crippen molar-refractivity contribution in [3.63, 3.8) is 0 Å². The molecule has 2 unspecified atom stereocenters. The molecule has 2 aliphatic heterocycles. The highest BCUT2D eigenvalue weighted by Crippen LogP contribution is 2.19. The molecule has 0 spiro atoms. The smallest absolute Gasteiger partial charge is 0.191 e. The number of aliphatic imine (C=N–C) groups is 1. The van der Waals surface area contributed by atoms with Crippen molar-refractivity contribution < 1.29 is 0 Å². The van der Waals surface area contributed by atoms with E-state index in [0.29, 0.717) is 12.1 Å². The Balaban J connectivity index is 0.00000320. The van der Waals surface area contributed by atoms with Crippen LogP contribution in [0, 0.1) is 0 Å². The lowest BCUT2D eigenvalue weighted by molar-refractivity contribution is 0.134. The summed E-state index contributed by atoms with van der Waals surface area (Å²) < 4.78 is 0. The largest absolute Gasteiger partial charge is 0.355 e. The van der Waals surface area contributed by atoms with Crippen molar-refractivity contribution in [3.8, 4) is 0 Å². The molecule has 0 saturated carbocycles. The molecule has 2 saturated heterocycles. The summed E-state index contributed by atoms with van der Waals surface area (Å²) in [5, 5.41) is 7.19. The van der Waals surface area contributed by atoms with E-state index in [9.17, 15) is 0 Å². The van der Waals surface area contributed by atoms with Gasteiger partial charge in [-0.15, -0.1) is 24.0 Å². The van der Waals surface area contributed by atoms with Crippen molar-refractivity contribution in [2.24, 2.45) is 4.99 Å². The predicted molar refractivity (Wildman–Crippen MR) is 138 cm³/mol. The molecule has 0 radical (unpaired) electrons. The molecule has 2 N–H and O–H groups in total. The molecule has 2 heterocycles. The molecule has 2 fully saturated rings. The van der Waals surface area contributed by atoms with Gasteiger partial charge in [0.25, 0.3) is 0 Å². The zero-order chi connectivity index (χ0) is 20.5. The summed E-state index contributed by atoms with van der Waals surface area (Å²) in [5.41, 5.74) is 1.41. The highest BCUT2D eigenvalue weighted by atomic mass is 127. The Hall–Kier alpha value is -0.900. The van der Waals surface area contributed by atoms with Crippen LogP contribution in [-0.4, -0.2) is 92.7 Å². The van der Waals surface area contributed by atoms with Gasteiger partial charge in [0.1, 0.15) is 0 Å². The normalized spacial score (nSPS) is 24.7. The minimum absolute atomic E-state index is 0. The van der Waals surface area contributed by atoms with Crippen molar-refractivity contribution >= 4 is 29.9 Å². The van der Waals surface area contributed by atoms with Crippen molar-refractivity contribution in [3.05, 3.63) is 35.9 Å². The molecule has 0 amide bonds. The van der Waals surface area contributed by atoms with Crippen LogP contribution < -0.4 is 10.6 Å². The fourth-order valence-corrected chi connectivity index (χ4v) is 4.45. The standard InChI is InChI=1S/C23H40N6.HI/c1-20-18-22(10-14-29(20)19-21-8-5-4-6-9-21)26-23(24-2)25-11-15-28-13-7-12-27(3)16-17-28;/h4-6,8-9,20,22H,7,10-19H2,1-3H3,(H2,24,25,26);1H. The molecule has 2 atom stereocenters. The van der Waals surface area contributed by atoms with Gasteiger partial charge in [0, 0.05) is 58.4 Å². The summed E-state index contributed by atoms with van der Waals surface area (Å²) in [4.78, 5) is 12.1. The van der Waals surface area contributed by atoms with Crippen LogP contribution in [0.1, 0.15) is 31.7 Å². The Labute approximate surface area is 200 Å². The quantitative estimate of drug-likeness (QED) is 0.338. The van der Waals surface area contributed by atoms with Gasteiger partial charge in [0.05, 0.1) is 0 Å². The molecule has 0 bridgehead atoms.